The quantitative estimate of drug-likeness (QED) is 0.856. The predicted molar refractivity (Wildman–Crippen MR) is 80.5 cm³/mol. The van der Waals surface area contributed by atoms with Crippen LogP contribution < -0.4 is 4.31 Å². The molecular weight excluding hydrogens is 282 g/mol. The minimum absolute atomic E-state index is 0.132. The lowest BCUT2D eigenvalue weighted by Gasteiger charge is -2.28. The average Bonchev–Trinajstić information content (AvgIpc) is 3.10. The zero-order valence-corrected chi connectivity index (χ0v) is 13.3. The molecule has 0 bridgehead atoms. The van der Waals surface area contributed by atoms with Gasteiger partial charge in [0.1, 0.15) is 0 Å². The van der Waals surface area contributed by atoms with Crippen molar-refractivity contribution in [1.29, 1.82) is 0 Å². The van der Waals surface area contributed by atoms with Gasteiger partial charge in [0.05, 0.1) is 10.9 Å². The first-order valence-corrected chi connectivity index (χ1v) is 8.30. The summed E-state index contributed by atoms with van der Waals surface area (Å²) in [5.74, 6) is 0. The van der Waals surface area contributed by atoms with Gasteiger partial charge in [0.2, 0.25) is 10.0 Å². The Bertz CT molecular complexity index is 586. The molecule has 1 aromatic carbocycles. The highest BCUT2D eigenvalue weighted by molar-refractivity contribution is 7.93. The molecule has 1 saturated carbocycles. The molecule has 3 nitrogen and oxygen atoms in total. The van der Waals surface area contributed by atoms with Crippen LogP contribution in [0.1, 0.15) is 39.2 Å². The second kappa shape index (κ2) is 4.67. The molecule has 0 N–H and O–H groups in total. The molecule has 0 aromatic heterocycles. The number of benzene rings is 1. The predicted octanol–water partition coefficient (Wildman–Crippen LogP) is 3.57. The van der Waals surface area contributed by atoms with E-state index in [0.29, 0.717) is 10.7 Å². The van der Waals surface area contributed by atoms with Crippen LogP contribution in [0.3, 0.4) is 0 Å². The maximum absolute atomic E-state index is 12.4. The summed E-state index contributed by atoms with van der Waals surface area (Å²) in [5.41, 5.74) is 1.54. The summed E-state index contributed by atoms with van der Waals surface area (Å²) in [6, 6.07) is 5.46. The van der Waals surface area contributed by atoms with E-state index in [2.05, 4.69) is 20.8 Å². The molecule has 1 fully saturated rings. The maximum Gasteiger partial charge on any atom is 0.237 e. The van der Waals surface area contributed by atoms with Crippen LogP contribution in [0.2, 0.25) is 5.02 Å². The average molecular weight is 302 g/mol. The van der Waals surface area contributed by atoms with Crippen molar-refractivity contribution in [1.82, 2.24) is 0 Å². The molecule has 0 radical (unpaired) electrons. The minimum atomic E-state index is -3.24. The molecule has 0 saturated heterocycles. The van der Waals surface area contributed by atoms with Crippen molar-refractivity contribution in [2.45, 2.75) is 44.3 Å². The van der Waals surface area contributed by atoms with Gasteiger partial charge >= 0.3 is 0 Å². The Hall–Kier alpha value is -0.740. The van der Waals surface area contributed by atoms with Crippen LogP contribution in [-0.4, -0.2) is 20.7 Å². The largest absolute Gasteiger partial charge is 0.273 e. The van der Waals surface area contributed by atoms with Gasteiger partial charge in [-0.05, 0) is 36.0 Å². The first kappa shape index (κ1) is 14.7. The molecule has 0 amide bonds. The normalized spacial score (nSPS) is 16.5. The molecule has 2 rings (SSSR count). The summed E-state index contributed by atoms with van der Waals surface area (Å²) < 4.78 is 26.1. The van der Waals surface area contributed by atoms with Gasteiger partial charge in [-0.3, -0.25) is 4.31 Å². The third kappa shape index (κ3) is 2.90. The number of nitrogens with zero attached hydrogens (tertiary/aromatic N) is 1. The van der Waals surface area contributed by atoms with Crippen molar-refractivity contribution in [2.24, 2.45) is 0 Å². The van der Waals surface area contributed by atoms with E-state index in [-0.39, 0.29) is 10.7 Å². The van der Waals surface area contributed by atoms with E-state index in [1.54, 1.807) is 13.1 Å². The monoisotopic (exact) mass is 301 g/mol. The Balaban J connectivity index is 2.52. The van der Waals surface area contributed by atoms with Crippen molar-refractivity contribution in [3.05, 3.63) is 28.8 Å². The molecule has 1 aromatic rings. The molecule has 19 heavy (non-hydrogen) atoms. The molecule has 0 atom stereocenters. The van der Waals surface area contributed by atoms with Crippen LogP contribution in [-0.2, 0) is 15.4 Å². The number of sulfonamides is 1. The highest BCUT2D eigenvalue weighted by atomic mass is 35.5. The summed E-state index contributed by atoms with van der Waals surface area (Å²) in [7, 11) is -1.62. The SMILES string of the molecule is CN(c1cc(Cl)ccc1C(C)(C)C)S(=O)(=O)C1CC1. The van der Waals surface area contributed by atoms with Crippen LogP contribution in [0.4, 0.5) is 5.69 Å². The van der Waals surface area contributed by atoms with E-state index >= 15 is 0 Å². The van der Waals surface area contributed by atoms with Crippen molar-refractivity contribution < 1.29 is 8.42 Å². The third-order valence-corrected chi connectivity index (χ3v) is 5.94. The number of halogens is 1. The van der Waals surface area contributed by atoms with Crippen LogP contribution in [0.25, 0.3) is 0 Å². The second-order valence-electron chi connectivity index (χ2n) is 6.12. The van der Waals surface area contributed by atoms with Crippen molar-refractivity contribution in [2.75, 3.05) is 11.4 Å². The standard InChI is InChI=1S/C14H20ClNO2S/c1-14(2,3)12-8-5-10(15)9-13(12)16(4)19(17,18)11-6-7-11/h5,8-9,11H,6-7H2,1-4H3. The van der Waals surface area contributed by atoms with E-state index in [4.69, 9.17) is 11.6 Å². The molecule has 0 aliphatic heterocycles. The summed E-state index contributed by atoms with van der Waals surface area (Å²) in [5, 5.41) is 0.338. The minimum Gasteiger partial charge on any atom is -0.273 e. The van der Waals surface area contributed by atoms with E-state index in [1.807, 2.05) is 12.1 Å². The molecule has 0 spiro atoms. The molecule has 0 heterocycles. The summed E-state index contributed by atoms with van der Waals surface area (Å²) in [6.45, 7) is 6.20. The first-order valence-electron chi connectivity index (χ1n) is 6.42. The molecular formula is C14H20ClNO2S. The van der Waals surface area contributed by atoms with E-state index < -0.39 is 10.0 Å². The van der Waals surface area contributed by atoms with Gasteiger partial charge in [-0.1, -0.05) is 38.4 Å². The zero-order valence-electron chi connectivity index (χ0n) is 11.8. The van der Waals surface area contributed by atoms with Gasteiger partial charge in [-0.15, -0.1) is 0 Å². The topological polar surface area (TPSA) is 37.4 Å². The lowest BCUT2D eigenvalue weighted by Crippen LogP contribution is -2.32. The van der Waals surface area contributed by atoms with Gasteiger partial charge in [-0.2, -0.15) is 0 Å². The fourth-order valence-corrected chi connectivity index (χ4v) is 3.90. The fraction of sp³-hybridized carbons (Fsp3) is 0.571. The van der Waals surface area contributed by atoms with Gasteiger partial charge in [-0.25, -0.2) is 8.42 Å². The number of rotatable bonds is 3. The molecule has 1 aliphatic carbocycles. The van der Waals surface area contributed by atoms with Crippen molar-refractivity contribution in [3.63, 3.8) is 0 Å². The maximum atomic E-state index is 12.4. The second-order valence-corrected chi connectivity index (χ2v) is 8.80. The zero-order chi connectivity index (χ0) is 14.4. The van der Waals surface area contributed by atoms with E-state index in [9.17, 15) is 8.42 Å². The molecule has 0 unspecified atom stereocenters. The summed E-state index contributed by atoms with van der Waals surface area (Å²) >= 11 is 6.03. The van der Waals surface area contributed by atoms with E-state index in [0.717, 1.165) is 18.4 Å². The summed E-state index contributed by atoms with van der Waals surface area (Å²) in [6.07, 6.45) is 1.52. The van der Waals surface area contributed by atoms with Gasteiger partial charge in [0.25, 0.3) is 0 Å². The highest BCUT2D eigenvalue weighted by Crippen LogP contribution is 2.38. The lowest BCUT2D eigenvalue weighted by molar-refractivity contribution is 0.584. The van der Waals surface area contributed by atoms with Crippen LogP contribution >= 0.6 is 11.6 Å². The van der Waals surface area contributed by atoms with Crippen LogP contribution in [0, 0.1) is 0 Å². The highest BCUT2D eigenvalue weighted by Gasteiger charge is 2.39. The Labute approximate surface area is 120 Å². The molecule has 1 aliphatic rings. The Morgan fingerprint density at radius 1 is 1.26 bits per heavy atom. The Morgan fingerprint density at radius 2 is 1.84 bits per heavy atom. The van der Waals surface area contributed by atoms with Crippen LogP contribution in [0.5, 0.6) is 0 Å². The summed E-state index contributed by atoms with van der Waals surface area (Å²) in [4.78, 5) is 0. The first-order chi connectivity index (χ1) is 8.64. The Kier molecular flexibility index (Phi) is 3.60. The Morgan fingerprint density at radius 3 is 2.32 bits per heavy atom. The van der Waals surface area contributed by atoms with Gasteiger partial charge < -0.3 is 0 Å². The van der Waals surface area contributed by atoms with Crippen molar-refractivity contribution in [3.8, 4) is 0 Å². The van der Waals surface area contributed by atoms with Gasteiger partial charge in [0, 0.05) is 12.1 Å². The number of hydrogen-bond donors (Lipinski definition) is 0. The third-order valence-electron chi connectivity index (χ3n) is 3.43. The number of anilines is 1. The number of hydrogen-bond acceptors (Lipinski definition) is 2. The molecule has 5 heteroatoms. The smallest absolute Gasteiger partial charge is 0.237 e. The fourth-order valence-electron chi connectivity index (χ4n) is 2.13. The van der Waals surface area contributed by atoms with Gasteiger partial charge in [0.15, 0.2) is 0 Å². The van der Waals surface area contributed by atoms with Crippen molar-refractivity contribution >= 4 is 27.3 Å². The molecule has 106 valence electrons. The van der Waals surface area contributed by atoms with Crippen LogP contribution in [0.15, 0.2) is 18.2 Å². The van der Waals surface area contributed by atoms with E-state index in [1.165, 1.54) is 4.31 Å². The lowest BCUT2D eigenvalue weighted by atomic mass is 9.86.